The van der Waals surface area contributed by atoms with Crippen LogP contribution in [0.5, 0.6) is 0 Å². The summed E-state index contributed by atoms with van der Waals surface area (Å²) in [6.07, 6.45) is -1.81. The van der Waals surface area contributed by atoms with Gasteiger partial charge in [-0.05, 0) is 13.8 Å². The van der Waals surface area contributed by atoms with Crippen molar-refractivity contribution in [3.8, 4) is 0 Å². The van der Waals surface area contributed by atoms with Gasteiger partial charge >= 0.3 is 5.97 Å². The third kappa shape index (κ3) is 3.85. The second-order valence-electron chi connectivity index (χ2n) is 3.50. The summed E-state index contributed by atoms with van der Waals surface area (Å²) >= 11 is 0. The molecule has 0 unspecified atom stereocenters. The Bertz CT molecular complexity index is 209. The maximum Gasteiger partial charge on any atom is 0.303 e. The predicted octanol–water partition coefficient (Wildman–Crippen LogP) is -0.361. The summed E-state index contributed by atoms with van der Waals surface area (Å²) in [5.74, 6) is -0.609. The second-order valence-corrected chi connectivity index (χ2v) is 3.50. The van der Waals surface area contributed by atoms with Crippen LogP contribution in [0.4, 0.5) is 0 Å². The molecule has 82 valence electrons. The number of carbonyl (C=O) groups excluding carboxylic acids is 2. The smallest absolute Gasteiger partial charge is 0.303 e. The van der Waals surface area contributed by atoms with Crippen LogP contribution in [0.25, 0.3) is 0 Å². The highest BCUT2D eigenvalue weighted by atomic mass is 16.6. The highest BCUT2D eigenvalue weighted by molar-refractivity contribution is 5.66. The summed E-state index contributed by atoms with van der Waals surface area (Å²) in [6, 6.07) is 0. The number of hydrogen-bond donors (Lipinski definition) is 2. The SMILES string of the molecule is CC(=O)O[C@@H]([C@H](C)O)[C@@](C)(O)CC=O. The zero-order valence-corrected chi connectivity index (χ0v) is 8.56. The molecule has 0 rings (SSSR count). The molecule has 5 nitrogen and oxygen atoms in total. The van der Waals surface area contributed by atoms with Gasteiger partial charge in [0.15, 0.2) is 6.10 Å². The molecular weight excluding hydrogens is 188 g/mol. The first-order valence-electron chi connectivity index (χ1n) is 4.32. The van der Waals surface area contributed by atoms with E-state index in [1.807, 2.05) is 0 Å². The average molecular weight is 204 g/mol. The Labute approximate surface area is 82.7 Å². The minimum atomic E-state index is -1.54. The Balaban J connectivity index is 4.62. The first kappa shape index (κ1) is 13.1. The van der Waals surface area contributed by atoms with Gasteiger partial charge in [-0.1, -0.05) is 0 Å². The van der Waals surface area contributed by atoms with Crippen LogP contribution < -0.4 is 0 Å². The minimum absolute atomic E-state index is 0.199. The third-order valence-electron chi connectivity index (χ3n) is 1.84. The van der Waals surface area contributed by atoms with Gasteiger partial charge in [0.1, 0.15) is 11.9 Å². The van der Waals surface area contributed by atoms with Crippen molar-refractivity contribution >= 4 is 12.3 Å². The van der Waals surface area contributed by atoms with Crippen molar-refractivity contribution in [3.63, 3.8) is 0 Å². The fourth-order valence-corrected chi connectivity index (χ4v) is 1.21. The Hall–Kier alpha value is -0.940. The van der Waals surface area contributed by atoms with Crippen LogP contribution in [0.3, 0.4) is 0 Å². The third-order valence-corrected chi connectivity index (χ3v) is 1.84. The van der Waals surface area contributed by atoms with Crippen molar-refractivity contribution in [1.82, 2.24) is 0 Å². The van der Waals surface area contributed by atoms with Gasteiger partial charge in [-0.2, -0.15) is 0 Å². The van der Waals surface area contributed by atoms with E-state index in [4.69, 9.17) is 4.74 Å². The van der Waals surface area contributed by atoms with Gasteiger partial charge in [-0.3, -0.25) is 4.79 Å². The summed E-state index contributed by atoms with van der Waals surface area (Å²) in [7, 11) is 0. The Morgan fingerprint density at radius 3 is 2.43 bits per heavy atom. The summed E-state index contributed by atoms with van der Waals surface area (Å²) in [4.78, 5) is 20.9. The standard InChI is InChI=1S/C9H16O5/c1-6(11)8(14-7(2)12)9(3,13)4-5-10/h5-6,8,11,13H,4H2,1-3H3/t6-,8-,9-/m0/s1. The summed E-state index contributed by atoms with van der Waals surface area (Å²) in [6.45, 7) is 3.89. The van der Waals surface area contributed by atoms with E-state index in [-0.39, 0.29) is 6.42 Å². The van der Waals surface area contributed by atoms with E-state index in [0.717, 1.165) is 0 Å². The van der Waals surface area contributed by atoms with E-state index in [9.17, 15) is 19.8 Å². The van der Waals surface area contributed by atoms with Crippen molar-refractivity contribution in [2.45, 2.75) is 45.0 Å². The molecular formula is C9H16O5. The predicted molar refractivity (Wildman–Crippen MR) is 48.5 cm³/mol. The summed E-state index contributed by atoms with van der Waals surface area (Å²) < 4.78 is 4.73. The molecule has 0 aliphatic heterocycles. The van der Waals surface area contributed by atoms with Crippen LogP contribution in [0, 0.1) is 0 Å². The van der Waals surface area contributed by atoms with Crippen molar-refractivity contribution in [2.24, 2.45) is 0 Å². The van der Waals surface area contributed by atoms with Gasteiger partial charge in [0, 0.05) is 13.3 Å². The van der Waals surface area contributed by atoms with E-state index in [0.29, 0.717) is 6.29 Å². The zero-order valence-electron chi connectivity index (χ0n) is 8.56. The molecule has 0 amide bonds. The number of ether oxygens (including phenoxy) is 1. The summed E-state index contributed by atoms with van der Waals surface area (Å²) in [5.41, 5.74) is -1.54. The van der Waals surface area contributed by atoms with E-state index in [1.165, 1.54) is 20.8 Å². The minimum Gasteiger partial charge on any atom is -0.457 e. The molecule has 2 N–H and O–H groups in total. The quantitative estimate of drug-likeness (QED) is 0.472. The molecule has 0 radical (unpaired) electrons. The van der Waals surface area contributed by atoms with Crippen molar-refractivity contribution in [2.75, 3.05) is 0 Å². The number of hydrogen-bond acceptors (Lipinski definition) is 5. The molecule has 0 spiro atoms. The molecule has 0 aromatic rings. The lowest BCUT2D eigenvalue weighted by Gasteiger charge is -2.32. The molecule has 0 bridgehead atoms. The van der Waals surface area contributed by atoms with Gasteiger partial charge < -0.3 is 19.7 Å². The molecule has 0 heterocycles. The van der Waals surface area contributed by atoms with Gasteiger partial charge in [0.2, 0.25) is 0 Å². The monoisotopic (exact) mass is 204 g/mol. The van der Waals surface area contributed by atoms with Gasteiger partial charge in [0.25, 0.3) is 0 Å². The highest BCUT2D eigenvalue weighted by Crippen LogP contribution is 2.20. The van der Waals surface area contributed by atoms with Crippen LogP contribution in [-0.4, -0.2) is 40.3 Å². The number of esters is 1. The Morgan fingerprint density at radius 2 is 2.14 bits per heavy atom. The van der Waals surface area contributed by atoms with Crippen LogP contribution in [0.1, 0.15) is 27.2 Å². The maximum absolute atomic E-state index is 10.7. The first-order chi connectivity index (χ1) is 6.31. The molecule has 5 heteroatoms. The molecule has 3 atom stereocenters. The fraction of sp³-hybridized carbons (Fsp3) is 0.778. The molecule has 0 aliphatic carbocycles. The lowest BCUT2D eigenvalue weighted by atomic mass is 9.92. The molecule has 0 aliphatic rings. The number of rotatable bonds is 5. The van der Waals surface area contributed by atoms with Crippen LogP contribution >= 0.6 is 0 Å². The van der Waals surface area contributed by atoms with Crippen LogP contribution in [0.2, 0.25) is 0 Å². The molecule has 0 saturated heterocycles. The van der Waals surface area contributed by atoms with E-state index in [1.54, 1.807) is 0 Å². The topological polar surface area (TPSA) is 83.8 Å². The van der Waals surface area contributed by atoms with Gasteiger partial charge in [-0.15, -0.1) is 0 Å². The van der Waals surface area contributed by atoms with E-state index >= 15 is 0 Å². The molecule has 0 fully saturated rings. The highest BCUT2D eigenvalue weighted by Gasteiger charge is 2.37. The number of carbonyl (C=O) groups is 2. The van der Waals surface area contributed by atoms with Crippen LogP contribution in [-0.2, 0) is 14.3 Å². The lowest BCUT2D eigenvalue weighted by molar-refractivity contribution is -0.175. The Morgan fingerprint density at radius 1 is 1.64 bits per heavy atom. The first-order valence-corrected chi connectivity index (χ1v) is 4.32. The average Bonchev–Trinajstić information content (AvgIpc) is 1.99. The molecule has 0 aromatic carbocycles. The second kappa shape index (κ2) is 5.07. The molecule has 14 heavy (non-hydrogen) atoms. The molecule has 0 aromatic heterocycles. The molecule has 0 saturated carbocycles. The number of aliphatic hydroxyl groups excluding tert-OH is 1. The number of aliphatic hydroxyl groups is 2. The largest absolute Gasteiger partial charge is 0.457 e. The normalized spacial score (nSPS) is 19.2. The van der Waals surface area contributed by atoms with Crippen molar-refractivity contribution in [1.29, 1.82) is 0 Å². The Kier molecular flexibility index (Phi) is 4.73. The van der Waals surface area contributed by atoms with E-state index in [2.05, 4.69) is 0 Å². The van der Waals surface area contributed by atoms with E-state index < -0.39 is 23.8 Å². The lowest BCUT2D eigenvalue weighted by Crippen LogP contribution is -2.48. The van der Waals surface area contributed by atoms with Gasteiger partial charge in [0.05, 0.1) is 6.10 Å². The number of aldehydes is 1. The van der Waals surface area contributed by atoms with Crippen LogP contribution in [0.15, 0.2) is 0 Å². The zero-order chi connectivity index (χ0) is 11.4. The summed E-state index contributed by atoms with van der Waals surface area (Å²) in [5, 5.41) is 19.0. The van der Waals surface area contributed by atoms with Crippen molar-refractivity contribution in [3.05, 3.63) is 0 Å². The van der Waals surface area contributed by atoms with Gasteiger partial charge in [-0.25, -0.2) is 0 Å². The maximum atomic E-state index is 10.7. The van der Waals surface area contributed by atoms with Crippen molar-refractivity contribution < 1.29 is 24.5 Å². The fourth-order valence-electron chi connectivity index (χ4n) is 1.21.